The van der Waals surface area contributed by atoms with Crippen molar-refractivity contribution in [2.45, 2.75) is 70.4 Å². The maximum atomic E-state index is 13.7. The van der Waals surface area contributed by atoms with Gasteiger partial charge in [0.15, 0.2) is 5.60 Å². The maximum Gasteiger partial charge on any atom is 0.341 e. The lowest BCUT2D eigenvalue weighted by Crippen LogP contribution is -2.66. The first-order valence-electron chi connectivity index (χ1n) is 15.3. The Balaban J connectivity index is 1.50. The van der Waals surface area contributed by atoms with E-state index in [4.69, 9.17) is 32.8 Å². The molecule has 3 atom stereocenters. The van der Waals surface area contributed by atoms with Crippen LogP contribution in [0.5, 0.6) is 11.5 Å². The summed E-state index contributed by atoms with van der Waals surface area (Å²) in [4.78, 5) is 33.4. The SMILES string of the molecule is CCOP(=O)(CC(=O)O[C@]12C[C@H](C=CC1=O)ON(Cc1ccc(OC)cc1)[C@@H]2CCCCOCc1ccc(OC)cc1)OCC. The first-order valence-corrected chi connectivity index (χ1v) is 17.1. The van der Waals surface area contributed by atoms with Crippen molar-refractivity contribution in [3.05, 3.63) is 71.8 Å². The summed E-state index contributed by atoms with van der Waals surface area (Å²) in [5, 5.41) is 1.74. The van der Waals surface area contributed by atoms with Gasteiger partial charge in [-0.25, -0.2) is 0 Å². The fourth-order valence-electron chi connectivity index (χ4n) is 5.62. The number of esters is 1. The fourth-order valence-corrected chi connectivity index (χ4v) is 7.05. The molecule has 0 aromatic heterocycles. The summed E-state index contributed by atoms with van der Waals surface area (Å²) in [6.07, 6.45) is 4.05. The van der Waals surface area contributed by atoms with E-state index in [0.29, 0.717) is 39.0 Å². The highest BCUT2D eigenvalue weighted by Crippen LogP contribution is 2.49. The van der Waals surface area contributed by atoms with E-state index in [2.05, 4.69) is 0 Å². The second kappa shape index (κ2) is 16.5. The van der Waals surface area contributed by atoms with Crippen molar-refractivity contribution in [2.75, 3.05) is 40.2 Å². The van der Waals surface area contributed by atoms with E-state index in [1.54, 1.807) is 39.2 Å². The normalized spacial score (nSPS) is 21.5. The summed E-state index contributed by atoms with van der Waals surface area (Å²) in [7, 11) is -0.514. The van der Waals surface area contributed by atoms with Gasteiger partial charge >= 0.3 is 13.6 Å². The molecule has 45 heavy (non-hydrogen) atoms. The van der Waals surface area contributed by atoms with Gasteiger partial charge < -0.3 is 28.0 Å². The molecule has 246 valence electrons. The summed E-state index contributed by atoms with van der Waals surface area (Å²) in [6.45, 7) is 4.86. The van der Waals surface area contributed by atoms with Gasteiger partial charge in [0.05, 0.1) is 40.1 Å². The average Bonchev–Trinajstić information content (AvgIpc) is 3.02. The van der Waals surface area contributed by atoms with Gasteiger partial charge in [-0.2, -0.15) is 5.06 Å². The molecule has 0 unspecified atom stereocenters. The molecule has 12 heteroatoms. The molecule has 11 nitrogen and oxygen atoms in total. The van der Waals surface area contributed by atoms with Crippen molar-refractivity contribution >= 4 is 19.3 Å². The molecule has 1 aliphatic heterocycles. The minimum atomic E-state index is -3.75. The van der Waals surface area contributed by atoms with Gasteiger partial charge in [0.2, 0.25) is 5.78 Å². The van der Waals surface area contributed by atoms with Crippen LogP contribution in [-0.2, 0) is 50.7 Å². The smallest absolute Gasteiger partial charge is 0.341 e. The first-order chi connectivity index (χ1) is 21.7. The highest BCUT2D eigenvalue weighted by Gasteiger charge is 2.57. The van der Waals surface area contributed by atoms with Crippen molar-refractivity contribution in [1.82, 2.24) is 5.06 Å². The molecule has 1 saturated heterocycles. The Labute approximate surface area is 265 Å². The fraction of sp³-hybridized carbons (Fsp3) is 0.515. The molecule has 1 fully saturated rings. The van der Waals surface area contributed by atoms with E-state index in [0.717, 1.165) is 22.6 Å². The molecule has 0 N–H and O–H groups in total. The highest BCUT2D eigenvalue weighted by molar-refractivity contribution is 7.54. The Kier molecular flexibility index (Phi) is 12.8. The molecule has 1 heterocycles. The number of benzene rings is 2. The van der Waals surface area contributed by atoms with Gasteiger partial charge in [-0.15, -0.1) is 0 Å². The van der Waals surface area contributed by atoms with E-state index < -0.39 is 37.5 Å². The van der Waals surface area contributed by atoms with Crippen LogP contribution in [-0.4, -0.2) is 74.8 Å². The Morgan fingerprint density at radius 2 is 1.58 bits per heavy atom. The lowest BCUT2D eigenvalue weighted by atomic mass is 9.76. The van der Waals surface area contributed by atoms with Crippen molar-refractivity contribution in [3.8, 4) is 11.5 Å². The van der Waals surface area contributed by atoms with Gasteiger partial charge in [0, 0.05) is 19.6 Å². The number of hydrogen-bond donors (Lipinski definition) is 0. The van der Waals surface area contributed by atoms with E-state index in [-0.39, 0.29) is 25.4 Å². The second-order valence-electron chi connectivity index (χ2n) is 10.9. The summed E-state index contributed by atoms with van der Waals surface area (Å²) in [5.74, 6) is 0.355. The third-order valence-corrected chi connectivity index (χ3v) is 9.70. The Morgan fingerprint density at radius 3 is 2.18 bits per heavy atom. The van der Waals surface area contributed by atoms with Gasteiger partial charge in [-0.05, 0) is 74.6 Å². The molecule has 0 spiro atoms. The number of carbonyl (C=O) groups excluding carboxylic acids is 2. The molecule has 0 radical (unpaired) electrons. The zero-order valence-electron chi connectivity index (χ0n) is 26.5. The summed E-state index contributed by atoms with van der Waals surface area (Å²) < 4.78 is 46.3. The molecule has 2 aliphatic rings. The molecule has 0 amide bonds. The molecular formula is C33H44NO10P. The number of hydrogen-bond acceptors (Lipinski definition) is 11. The standard InChI is InChI=1S/C33H44NO10P/c1-5-41-45(37,42-6-2)24-32(36)43-33-21-29(18-19-31(33)35)44-34(22-25-10-14-27(38-3)15-11-25)30(33)9-7-8-20-40-23-26-12-16-28(39-4)17-13-26/h10-19,29-30H,5-9,20-24H2,1-4H3/t29-,30+,33-/m0/s1. The first kappa shape index (κ1) is 34.8. The lowest BCUT2D eigenvalue weighted by Gasteiger charge is -2.50. The van der Waals surface area contributed by atoms with Crippen LogP contribution in [0.1, 0.15) is 50.7 Å². The zero-order chi connectivity index (χ0) is 32.3. The molecule has 2 aromatic rings. The van der Waals surface area contributed by atoms with Gasteiger partial charge in [0.1, 0.15) is 23.8 Å². The third kappa shape index (κ3) is 9.25. The topological polar surface area (TPSA) is 119 Å². The van der Waals surface area contributed by atoms with Crippen LogP contribution in [0.15, 0.2) is 60.7 Å². The summed E-state index contributed by atoms with van der Waals surface area (Å²) in [5.41, 5.74) is 0.433. The predicted molar refractivity (Wildman–Crippen MR) is 167 cm³/mol. The molecular weight excluding hydrogens is 601 g/mol. The maximum absolute atomic E-state index is 13.7. The van der Waals surface area contributed by atoms with Crippen LogP contribution in [0.4, 0.5) is 0 Å². The monoisotopic (exact) mass is 645 g/mol. The highest BCUT2D eigenvalue weighted by atomic mass is 31.2. The van der Waals surface area contributed by atoms with Crippen LogP contribution in [0.2, 0.25) is 0 Å². The minimum Gasteiger partial charge on any atom is -0.497 e. The van der Waals surface area contributed by atoms with Crippen LogP contribution in [0, 0.1) is 0 Å². The van der Waals surface area contributed by atoms with Gasteiger partial charge in [0.25, 0.3) is 0 Å². The number of ketones is 1. The van der Waals surface area contributed by atoms with Crippen LogP contribution >= 0.6 is 7.60 Å². The Hall–Kier alpha value is -3.05. The van der Waals surface area contributed by atoms with Crippen molar-refractivity contribution < 1.29 is 47.0 Å². The number of rotatable bonds is 18. The number of nitrogens with zero attached hydrogens (tertiary/aromatic N) is 1. The van der Waals surface area contributed by atoms with Crippen LogP contribution in [0.25, 0.3) is 0 Å². The number of carbonyl (C=O) groups is 2. The van der Waals surface area contributed by atoms with E-state index in [1.165, 1.54) is 6.08 Å². The quantitative estimate of drug-likeness (QED) is 0.114. The number of hydroxylamine groups is 2. The van der Waals surface area contributed by atoms with Crippen molar-refractivity contribution in [2.24, 2.45) is 0 Å². The second-order valence-corrected chi connectivity index (χ2v) is 12.9. The van der Waals surface area contributed by atoms with Gasteiger partial charge in [-0.1, -0.05) is 30.3 Å². The Bertz CT molecular complexity index is 1320. The van der Waals surface area contributed by atoms with Crippen LogP contribution in [0.3, 0.4) is 0 Å². The van der Waals surface area contributed by atoms with Crippen molar-refractivity contribution in [3.63, 3.8) is 0 Å². The summed E-state index contributed by atoms with van der Waals surface area (Å²) >= 11 is 0. The molecule has 0 saturated carbocycles. The number of methoxy groups -OCH3 is 2. The summed E-state index contributed by atoms with van der Waals surface area (Å²) in [6, 6.07) is 14.7. The van der Waals surface area contributed by atoms with Gasteiger partial charge in [-0.3, -0.25) is 19.0 Å². The molecule has 4 rings (SSSR count). The van der Waals surface area contributed by atoms with E-state index in [1.807, 2.05) is 48.5 Å². The molecule has 1 aliphatic carbocycles. The molecule has 2 bridgehead atoms. The minimum absolute atomic E-state index is 0.103. The lowest BCUT2D eigenvalue weighted by molar-refractivity contribution is -0.293. The third-order valence-electron chi connectivity index (χ3n) is 7.75. The number of unbranched alkanes of at least 4 members (excludes halogenated alkanes) is 1. The van der Waals surface area contributed by atoms with E-state index in [9.17, 15) is 14.2 Å². The molecule has 2 aromatic carbocycles. The van der Waals surface area contributed by atoms with Crippen LogP contribution < -0.4 is 9.47 Å². The number of ether oxygens (including phenoxy) is 4. The predicted octanol–water partition coefficient (Wildman–Crippen LogP) is 5.65. The average molecular weight is 646 g/mol. The Morgan fingerprint density at radius 1 is 0.956 bits per heavy atom. The van der Waals surface area contributed by atoms with E-state index >= 15 is 0 Å². The zero-order valence-corrected chi connectivity index (χ0v) is 27.4. The largest absolute Gasteiger partial charge is 0.497 e. The number of fused-ring (bicyclic) bond motifs is 2. The van der Waals surface area contributed by atoms with Crippen molar-refractivity contribution in [1.29, 1.82) is 0 Å².